The van der Waals surface area contributed by atoms with Crippen LogP contribution in [-0.2, 0) is 6.54 Å². The highest BCUT2D eigenvalue weighted by Crippen LogP contribution is 2.33. The number of rotatable bonds is 9. The molecule has 4 nitrogen and oxygen atoms in total. The van der Waals surface area contributed by atoms with Gasteiger partial charge in [0.15, 0.2) is 11.5 Å². The van der Waals surface area contributed by atoms with Gasteiger partial charge in [0.1, 0.15) is 0 Å². The Bertz CT molecular complexity index is 705. The van der Waals surface area contributed by atoms with Crippen LogP contribution in [-0.4, -0.2) is 26.3 Å². The molecule has 0 saturated carbocycles. The molecule has 0 heterocycles. The quantitative estimate of drug-likeness (QED) is 0.617. The van der Waals surface area contributed by atoms with Gasteiger partial charge in [0.25, 0.3) is 0 Å². The van der Waals surface area contributed by atoms with Crippen LogP contribution in [0.4, 0.5) is 0 Å². The lowest BCUT2D eigenvalue weighted by atomic mass is 10.0. The summed E-state index contributed by atoms with van der Waals surface area (Å²) in [5.74, 6) is 1.46. The van der Waals surface area contributed by atoms with E-state index in [1.807, 2.05) is 18.2 Å². The van der Waals surface area contributed by atoms with E-state index in [1.54, 1.807) is 14.2 Å². The van der Waals surface area contributed by atoms with Crippen LogP contribution in [0.15, 0.2) is 46.9 Å². The average Bonchev–Trinajstić information content (AvgIpc) is 2.62. The highest BCUT2D eigenvalue weighted by molar-refractivity contribution is 9.10. The predicted molar refractivity (Wildman–Crippen MR) is 111 cm³/mol. The molecule has 0 aliphatic rings. The minimum Gasteiger partial charge on any atom is -0.493 e. The van der Waals surface area contributed by atoms with E-state index in [-0.39, 0.29) is 5.54 Å². The van der Waals surface area contributed by atoms with Crippen molar-refractivity contribution in [2.45, 2.75) is 38.9 Å². The minimum absolute atomic E-state index is 0.0434. The maximum atomic E-state index is 5.39. The molecule has 0 saturated heterocycles. The molecule has 142 valence electrons. The molecule has 0 spiro atoms. The third-order valence-corrected chi connectivity index (χ3v) is 5.08. The van der Waals surface area contributed by atoms with Gasteiger partial charge in [0.2, 0.25) is 0 Å². The average molecular weight is 421 g/mol. The molecule has 0 aliphatic heterocycles. The van der Waals surface area contributed by atoms with Crippen LogP contribution in [0.1, 0.15) is 37.9 Å². The molecule has 5 heteroatoms. The zero-order chi connectivity index (χ0) is 19.2. The summed E-state index contributed by atoms with van der Waals surface area (Å²) in [6, 6.07) is 14.7. The van der Waals surface area contributed by atoms with Gasteiger partial charge in [-0.25, -0.2) is 0 Å². The number of methoxy groups -OCH3 is 2. The van der Waals surface area contributed by atoms with Crippen molar-refractivity contribution < 1.29 is 9.47 Å². The second kappa shape index (κ2) is 9.40. The Hall–Kier alpha value is -1.56. The van der Waals surface area contributed by atoms with E-state index in [9.17, 15) is 0 Å². The maximum Gasteiger partial charge on any atom is 0.161 e. The molecular weight excluding hydrogens is 392 g/mol. The van der Waals surface area contributed by atoms with Gasteiger partial charge in [0, 0.05) is 29.1 Å². The van der Waals surface area contributed by atoms with Crippen LogP contribution < -0.4 is 20.1 Å². The molecule has 0 aliphatic carbocycles. The molecule has 1 atom stereocenters. The molecule has 0 bridgehead atoms. The van der Waals surface area contributed by atoms with Gasteiger partial charge in [-0.2, -0.15) is 0 Å². The number of hydrogen-bond acceptors (Lipinski definition) is 4. The van der Waals surface area contributed by atoms with Crippen molar-refractivity contribution in [2.75, 3.05) is 20.8 Å². The normalized spacial score (nSPS) is 12.7. The van der Waals surface area contributed by atoms with Crippen LogP contribution in [0.3, 0.4) is 0 Å². The molecule has 0 amide bonds. The lowest BCUT2D eigenvalue weighted by Gasteiger charge is -2.31. The second-order valence-corrected chi connectivity index (χ2v) is 7.92. The van der Waals surface area contributed by atoms with Gasteiger partial charge in [-0.3, -0.25) is 0 Å². The van der Waals surface area contributed by atoms with Gasteiger partial charge in [-0.1, -0.05) is 46.3 Å². The van der Waals surface area contributed by atoms with E-state index in [4.69, 9.17) is 9.47 Å². The number of hydrogen-bond donors (Lipinski definition) is 2. The summed E-state index contributed by atoms with van der Waals surface area (Å²) >= 11 is 3.61. The van der Waals surface area contributed by atoms with Crippen molar-refractivity contribution in [3.63, 3.8) is 0 Å². The molecule has 26 heavy (non-hydrogen) atoms. The van der Waals surface area contributed by atoms with E-state index in [0.29, 0.717) is 6.04 Å². The first kappa shape index (κ1) is 20.7. The number of benzene rings is 2. The smallest absolute Gasteiger partial charge is 0.161 e. The highest BCUT2D eigenvalue weighted by atomic mass is 79.9. The topological polar surface area (TPSA) is 42.5 Å². The number of nitrogens with one attached hydrogen (secondary N) is 2. The highest BCUT2D eigenvalue weighted by Gasteiger charge is 2.20. The molecule has 2 aromatic rings. The third-order valence-electron chi connectivity index (χ3n) is 4.34. The minimum atomic E-state index is -0.0434. The summed E-state index contributed by atoms with van der Waals surface area (Å²) in [6.07, 6.45) is 0. The largest absolute Gasteiger partial charge is 0.493 e. The zero-order valence-electron chi connectivity index (χ0n) is 16.2. The van der Waals surface area contributed by atoms with Crippen LogP contribution in [0.25, 0.3) is 0 Å². The van der Waals surface area contributed by atoms with E-state index in [2.05, 4.69) is 71.6 Å². The van der Waals surface area contributed by atoms with Crippen LogP contribution in [0, 0.1) is 0 Å². The summed E-state index contributed by atoms with van der Waals surface area (Å²) in [5.41, 5.74) is 2.39. The van der Waals surface area contributed by atoms with Gasteiger partial charge in [-0.15, -0.1) is 0 Å². The lowest BCUT2D eigenvalue weighted by molar-refractivity contribution is 0.329. The summed E-state index contributed by atoms with van der Waals surface area (Å²) in [6.45, 7) is 8.20. The van der Waals surface area contributed by atoms with E-state index < -0.39 is 0 Å². The molecule has 0 radical (unpaired) electrons. The first-order valence-corrected chi connectivity index (χ1v) is 9.59. The molecule has 2 aromatic carbocycles. The van der Waals surface area contributed by atoms with Crippen molar-refractivity contribution in [1.82, 2.24) is 10.6 Å². The number of halogens is 1. The fourth-order valence-corrected chi connectivity index (χ4v) is 3.47. The van der Waals surface area contributed by atoms with Crippen LogP contribution >= 0.6 is 15.9 Å². The zero-order valence-corrected chi connectivity index (χ0v) is 17.8. The van der Waals surface area contributed by atoms with Crippen LogP contribution in [0.2, 0.25) is 0 Å². The summed E-state index contributed by atoms with van der Waals surface area (Å²) in [5, 5.41) is 7.23. The van der Waals surface area contributed by atoms with Crippen molar-refractivity contribution in [2.24, 2.45) is 0 Å². The van der Waals surface area contributed by atoms with E-state index in [1.165, 1.54) is 5.56 Å². The Morgan fingerprint density at radius 1 is 1.04 bits per heavy atom. The molecule has 1 unspecified atom stereocenters. The van der Waals surface area contributed by atoms with Gasteiger partial charge < -0.3 is 20.1 Å². The number of ether oxygens (including phenoxy) is 2. The van der Waals surface area contributed by atoms with Crippen molar-refractivity contribution in [3.05, 3.63) is 58.1 Å². The Kier molecular flexibility index (Phi) is 7.50. The fraction of sp³-hybridized carbons (Fsp3) is 0.429. The van der Waals surface area contributed by atoms with Gasteiger partial charge >= 0.3 is 0 Å². The summed E-state index contributed by atoms with van der Waals surface area (Å²) < 4.78 is 11.7. The Balaban J connectivity index is 1.94. The van der Waals surface area contributed by atoms with Crippen molar-refractivity contribution >= 4 is 15.9 Å². The van der Waals surface area contributed by atoms with Gasteiger partial charge in [0.05, 0.1) is 14.2 Å². The molecule has 2 rings (SSSR count). The van der Waals surface area contributed by atoms with E-state index in [0.717, 1.165) is 34.6 Å². The lowest BCUT2D eigenvalue weighted by Crippen LogP contribution is -2.48. The summed E-state index contributed by atoms with van der Waals surface area (Å²) in [7, 11) is 3.30. The van der Waals surface area contributed by atoms with Gasteiger partial charge in [-0.05, 0) is 44.0 Å². The SMILES string of the molecule is COc1cc(Br)c(CNCC(C)(C)NC(C)c2ccccc2)cc1OC. The molecular formula is C21H29BrN2O2. The Morgan fingerprint density at radius 3 is 2.27 bits per heavy atom. The predicted octanol–water partition coefficient (Wildman–Crippen LogP) is 4.69. The monoisotopic (exact) mass is 420 g/mol. The molecule has 2 N–H and O–H groups in total. The molecule has 0 fully saturated rings. The standard InChI is InChI=1S/C21H29BrN2O2/c1-15(16-9-7-6-8-10-16)24-21(2,3)14-23-13-17-11-19(25-4)20(26-5)12-18(17)22/h6-12,15,23-24H,13-14H2,1-5H3. The Morgan fingerprint density at radius 2 is 1.65 bits per heavy atom. The maximum absolute atomic E-state index is 5.39. The first-order valence-electron chi connectivity index (χ1n) is 8.80. The first-order chi connectivity index (χ1) is 12.4. The van der Waals surface area contributed by atoms with E-state index >= 15 is 0 Å². The third kappa shape index (κ3) is 5.73. The Labute approximate surface area is 165 Å². The second-order valence-electron chi connectivity index (χ2n) is 7.06. The fourth-order valence-electron chi connectivity index (χ4n) is 3.00. The van der Waals surface area contributed by atoms with Crippen LogP contribution in [0.5, 0.6) is 11.5 Å². The summed E-state index contributed by atoms with van der Waals surface area (Å²) in [4.78, 5) is 0. The van der Waals surface area contributed by atoms with Crippen molar-refractivity contribution in [1.29, 1.82) is 0 Å². The molecule has 0 aromatic heterocycles. The van der Waals surface area contributed by atoms with Crippen molar-refractivity contribution in [3.8, 4) is 11.5 Å².